The fraction of sp³-hybridized carbons (Fsp3) is 1.00. The number of hydrogen-bond donors (Lipinski definition) is 1. The van der Waals surface area contributed by atoms with Crippen molar-refractivity contribution < 1.29 is 0 Å². The van der Waals surface area contributed by atoms with Gasteiger partial charge in [0.25, 0.3) is 0 Å². The van der Waals surface area contributed by atoms with Gasteiger partial charge in [-0.25, -0.2) is 0 Å². The molecule has 0 aromatic carbocycles. The van der Waals surface area contributed by atoms with Gasteiger partial charge in [-0.2, -0.15) is 0 Å². The fourth-order valence-electron chi connectivity index (χ4n) is 3.91. The van der Waals surface area contributed by atoms with Gasteiger partial charge in [0, 0.05) is 25.2 Å². The molecule has 0 radical (unpaired) electrons. The summed E-state index contributed by atoms with van der Waals surface area (Å²) in [5.41, 5.74) is 0.513. The van der Waals surface area contributed by atoms with E-state index >= 15 is 0 Å². The Balaban J connectivity index is 1.53. The first-order valence-corrected chi connectivity index (χ1v) is 8.82. The monoisotopic (exact) mass is 266 g/mol. The summed E-state index contributed by atoms with van der Waals surface area (Å²) < 4.78 is 0. The summed E-state index contributed by atoms with van der Waals surface area (Å²) in [6.07, 6.45) is 15.7. The van der Waals surface area contributed by atoms with Crippen molar-refractivity contribution >= 4 is 0 Å². The minimum atomic E-state index is 0.513. The molecule has 0 amide bonds. The third-order valence-corrected chi connectivity index (χ3v) is 5.09. The van der Waals surface area contributed by atoms with Crippen molar-refractivity contribution in [2.24, 2.45) is 0 Å². The lowest BCUT2D eigenvalue weighted by Gasteiger charge is -2.41. The molecule has 2 fully saturated rings. The molecule has 2 rings (SSSR count). The quantitative estimate of drug-likeness (QED) is 0.669. The summed E-state index contributed by atoms with van der Waals surface area (Å²) in [5.74, 6) is 0. The number of nitrogens with one attached hydrogen (secondary N) is 1. The van der Waals surface area contributed by atoms with Crippen LogP contribution in [-0.2, 0) is 0 Å². The molecule has 112 valence electrons. The second kappa shape index (κ2) is 8.26. The van der Waals surface area contributed by atoms with E-state index in [1.54, 1.807) is 0 Å². The number of hydrogen-bond acceptors (Lipinski definition) is 2. The van der Waals surface area contributed by atoms with E-state index < -0.39 is 0 Å². The maximum absolute atomic E-state index is 3.81. The molecule has 0 atom stereocenters. The van der Waals surface area contributed by atoms with Crippen LogP contribution in [0, 0.1) is 0 Å². The zero-order valence-corrected chi connectivity index (χ0v) is 13.1. The number of rotatable bonds is 8. The molecule has 2 nitrogen and oxygen atoms in total. The molecule has 1 aliphatic heterocycles. The Morgan fingerprint density at radius 1 is 0.947 bits per heavy atom. The maximum Gasteiger partial charge on any atom is 0.0309 e. The number of piperazine rings is 1. The van der Waals surface area contributed by atoms with Gasteiger partial charge in [-0.15, -0.1) is 0 Å². The Kier molecular flexibility index (Phi) is 6.66. The van der Waals surface area contributed by atoms with Crippen molar-refractivity contribution in [3.05, 3.63) is 0 Å². The summed E-state index contributed by atoms with van der Waals surface area (Å²) >= 11 is 0. The highest BCUT2D eigenvalue weighted by Gasteiger charge is 2.37. The fourth-order valence-corrected chi connectivity index (χ4v) is 3.91. The third kappa shape index (κ3) is 5.07. The molecule has 1 aliphatic carbocycles. The van der Waals surface area contributed by atoms with Crippen molar-refractivity contribution in [1.82, 2.24) is 10.2 Å². The Morgan fingerprint density at radius 3 is 2.37 bits per heavy atom. The molecule has 1 saturated carbocycles. The van der Waals surface area contributed by atoms with E-state index in [0.717, 1.165) is 0 Å². The van der Waals surface area contributed by atoms with E-state index in [2.05, 4.69) is 17.1 Å². The van der Waals surface area contributed by atoms with E-state index in [4.69, 9.17) is 0 Å². The molecule has 1 spiro atoms. The van der Waals surface area contributed by atoms with E-state index in [0.29, 0.717) is 5.54 Å². The average molecular weight is 266 g/mol. The van der Waals surface area contributed by atoms with Crippen LogP contribution >= 0.6 is 0 Å². The van der Waals surface area contributed by atoms with E-state index in [-0.39, 0.29) is 0 Å². The average Bonchev–Trinajstić information content (AvgIpc) is 2.86. The van der Waals surface area contributed by atoms with Crippen molar-refractivity contribution in [3.63, 3.8) is 0 Å². The van der Waals surface area contributed by atoms with Gasteiger partial charge < -0.3 is 10.2 Å². The van der Waals surface area contributed by atoms with E-state index in [9.17, 15) is 0 Å². The van der Waals surface area contributed by atoms with Gasteiger partial charge >= 0.3 is 0 Å². The first-order chi connectivity index (χ1) is 9.35. The molecule has 0 bridgehead atoms. The Labute approximate surface area is 120 Å². The van der Waals surface area contributed by atoms with Gasteiger partial charge in [0.05, 0.1) is 0 Å². The summed E-state index contributed by atoms with van der Waals surface area (Å²) in [7, 11) is 0. The van der Waals surface area contributed by atoms with Crippen LogP contribution in [0.4, 0.5) is 0 Å². The molecule has 19 heavy (non-hydrogen) atoms. The Hall–Kier alpha value is -0.0800. The summed E-state index contributed by atoms with van der Waals surface area (Å²) in [4.78, 5) is 2.73. The molecule has 0 aromatic rings. The highest BCUT2D eigenvalue weighted by atomic mass is 15.2. The number of nitrogens with zero attached hydrogens (tertiary/aromatic N) is 1. The van der Waals surface area contributed by atoms with Crippen LogP contribution in [-0.4, -0.2) is 36.6 Å². The molecule has 2 heteroatoms. The zero-order chi connectivity index (χ0) is 13.4. The molecular formula is C17H34N2. The summed E-state index contributed by atoms with van der Waals surface area (Å²) in [5, 5.41) is 3.81. The van der Waals surface area contributed by atoms with Crippen LogP contribution in [0.15, 0.2) is 0 Å². The van der Waals surface area contributed by atoms with Gasteiger partial charge in [-0.1, -0.05) is 58.3 Å². The molecule has 2 aliphatic rings. The lowest BCUT2D eigenvalue weighted by molar-refractivity contribution is 0.133. The zero-order valence-electron chi connectivity index (χ0n) is 13.1. The van der Waals surface area contributed by atoms with Crippen molar-refractivity contribution in [3.8, 4) is 0 Å². The SMILES string of the molecule is CCCCCCCCCN1CCNC2(CCCC2)C1. The minimum Gasteiger partial charge on any atom is -0.309 e. The lowest BCUT2D eigenvalue weighted by atomic mass is 9.94. The predicted octanol–water partition coefficient (Wildman–Crippen LogP) is 3.96. The molecule has 1 heterocycles. The highest BCUT2D eigenvalue weighted by molar-refractivity contribution is 4.98. The van der Waals surface area contributed by atoms with Gasteiger partial charge in [0.15, 0.2) is 0 Å². The highest BCUT2D eigenvalue weighted by Crippen LogP contribution is 2.31. The number of unbranched alkanes of at least 4 members (excludes halogenated alkanes) is 6. The Bertz CT molecular complexity index is 233. The molecule has 0 unspecified atom stereocenters. The van der Waals surface area contributed by atoms with Crippen LogP contribution in [0.25, 0.3) is 0 Å². The van der Waals surface area contributed by atoms with Crippen LogP contribution in [0.1, 0.15) is 77.6 Å². The maximum atomic E-state index is 3.81. The molecule has 1 N–H and O–H groups in total. The predicted molar refractivity (Wildman–Crippen MR) is 83.6 cm³/mol. The lowest BCUT2D eigenvalue weighted by Crippen LogP contribution is -2.59. The summed E-state index contributed by atoms with van der Waals surface area (Å²) in [6, 6.07) is 0. The smallest absolute Gasteiger partial charge is 0.0309 e. The first-order valence-electron chi connectivity index (χ1n) is 8.82. The van der Waals surface area contributed by atoms with Crippen LogP contribution in [0.5, 0.6) is 0 Å². The van der Waals surface area contributed by atoms with Gasteiger partial charge in [-0.05, 0) is 25.8 Å². The van der Waals surface area contributed by atoms with Crippen LogP contribution in [0.3, 0.4) is 0 Å². The van der Waals surface area contributed by atoms with Gasteiger partial charge in [-0.3, -0.25) is 0 Å². The molecule has 0 aromatic heterocycles. The second-order valence-electron chi connectivity index (χ2n) is 6.81. The third-order valence-electron chi connectivity index (χ3n) is 5.09. The topological polar surface area (TPSA) is 15.3 Å². The normalized spacial score (nSPS) is 23.2. The summed E-state index contributed by atoms with van der Waals surface area (Å²) in [6.45, 7) is 7.46. The van der Waals surface area contributed by atoms with E-state index in [1.165, 1.54) is 96.8 Å². The van der Waals surface area contributed by atoms with Crippen molar-refractivity contribution in [2.45, 2.75) is 83.1 Å². The Morgan fingerprint density at radius 2 is 1.63 bits per heavy atom. The van der Waals surface area contributed by atoms with Crippen LogP contribution < -0.4 is 5.32 Å². The van der Waals surface area contributed by atoms with Crippen molar-refractivity contribution in [1.29, 1.82) is 0 Å². The largest absolute Gasteiger partial charge is 0.309 e. The van der Waals surface area contributed by atoms with Gasteiger partial charge in [0.2, 0.25) is 0 Å². The van der Waals surface area contributed by atoms with Crippen LogP contribution in [0.2, 0.25) is 0 Å². The second-order valence-corrected chi connectivity index (χ2v) is 6.81. The molecular weight excluding hydrogens is 232 g/mol. The molecule has 1 saturated heterocycles. The minimum absolute atomic E-state index is 0.513. The van der Waals surface area contributed by atoms with Crippen molar-refractivity contribution in [2.75, 3.05) is 26.2 Å². The standard InChI is InChI=1S/C17H34N2/c1-2-3-4-5-6-7-10-14-19-15-13-18-17(16-19)11-8-9-12-17/h18H,2-16H2,1H3. The first kappa shape index (κ1) is 15.3. The van der Waals surface area contributed by atoms with Gasteiger partial charge in [0.1, 0.15) is 0 Å². The van der Waals surface area contributed by atoms with E-state index in [1.807, 2.05) is 0 Å².